The van der Waals surface area contributed by atoms with Crippen molar-refractivity contribution in [1.82, 2.24) is 4.90 Å². The maximum Gasteiger partial charge on any atom is 0.300 e. The van der Waals surface area contributed by atoms with Crippen molar-refractivity contribution < 1.29 is 29.0 Å². The number of aliphatic carboxylic acids is 1. The van der Waals surface area contributed by atoms with Crippen LogP contribution in [-0.4, -0.2) is 79.4 Å². The van der Waals surface area contributed by atoms with Gasteiger partial charge in [0, 0.05) is 44.5 Å². The van der Waals surface area contributed by atoms with Gasteiger partial charge in [-0.1, -0.05) is 0 Å². The summed E-state index contributed by atoms with van der Waals surface area (Å²) in [7, 11) is 0. The van der Waals surface area contributed by atoms with Gasteiger partial charge in [0.05, 0.1) is 25.7 Å². The van der Waals surface area contributed by atoms with Crippen LogP contribution in [0.5, 0.6) is 0 Å². The minimum Gasteiger partial charge on any atom is -0.481 e. The van der Waals surface area contributed by atoms with Gasteiger partial charge in [-0.15, -0.1) is 0 Å². The topological polar surface area (TPSA) is 108 Å². The monoisotopic (exact) mass is 435 g/mol. The zero-order chi connectivity index (χ0) is 22.8. The summed E-state index contributed by atoms with van der Waals surface area (Å²) in [6.07, 6.45) is 1.02. The summed E-state index contributed by atoms with van der Waals surface area (Å²) in [5, 5.41) is 10.6. The van der Waals surface area contributed by atoms with Crippen LogP contribution in [0.15, 0.2) is 24.3 Å². The van der Waals surface area contributed by atoms with E-state index in [2.05, 4.69) is 10.2 Å². The molecule has 0 radical (unpaired) electrons. The SMILES string of the molecule is CC(=O)O.CC(C)OCCCN1C(=O)CC(Nc2ccc(N3CCOCC3)cc2)C1=O. The fourth-order valence-corrected chi connectivity index (χ4v) is 3.36. The van der Waals surface area contributed by atoms with E-state index in [9.17, 15) is 9.59 Å². The molecule has 3 rings (SSSR count). The van der Waals surface area contributed by atoms with E-state index in [0.717, 1.165) is 44.6 Å². The molecule has 2 fully saturated rings. The largest absolute Gasteiger partial charge is 0.481 e. The van der Waals surface area contributed by atoms with Gasteiger partial charge in [0.25, 0.3) is 11.9 Å². The number of anilines is 2. The first kappa shape index (κ1) is 24.6. The Kier molecular flexibility index (Phi) is 9.74. The molecule has 2 heterocycles. The predicted molar refractivity (Wildman–Crippen MR) is 117 cm³/mol. The Morgan fingerprint density at radius 2 is 1.84 bits per heavy atom. The van der Waals surface area contributed by atoms with E-state index in [4.69, 9.17) is 19.4 Å². The van der Waals surface area contributed by atoms with Crippen LogP contribution in [0.25, 0.3) is 0 Å². The maximum absolute atomic E-state index is 12.5. The second kappa shape index (κ2) is 12.3. The van der Waals surface area contributed by atoms with Crippen molar-refractivity contribution in [3.8, 4) is 0 Å². The van der Waals surface area contributed by atoms with Crippen LogP contribution >= 0.6 is 0 Å². The fourth-order valence-electron chi connectivity index (χ4n) is 3.36. The number of hydrogen-bond donors (Lipinski definition) is 2. The quantitative estimate of drug-likeness (QED) is 0.471. The molecular weight excluding hydrogens is 402 g/mol. The molecule has 2 aliphatic rings. The van der Waals surface area contributed by atoms with Crippen LogP contribution < -0.4 is 10.2 Å². The van der Waals surface area contributed by atoms with E-state index >= 15 is 0 Å². The Hall–Kier alpha value is -2.65. The van der Waals surface area contributed by atoms with Crippen molar-refractivity contribution in [3.63, 3.8) is 0 Å². The average molecular weight is 436 g/mol. The van der Waals surface area contributed by atoms with Crippen LogP contribution in [0.1, 0.15) is 33.6 Å². The third-order valence-corrected chi connectivity index (χ3v) is 4.81. The number of imide groups is 1. The third kappa shape index (κ3) is 8.18. The van der Waals surface area contributed by atoms with E-state index in [1.807, 2.05) is 38.1 Å². The van der Waals surface area contributed by atoms with Crippen LogP contribution in [0.4, 0.5) is 11.4 Å². The summed E-state index contributed by atoms with van der Waals surface area (Å²) < 4.78 is 10.9. The Labute approximate surface area is 183 Å². The number of carbonyl (C=O) groups excluding carboxylic acids is 2. The summed E-state index contributed by atoms with van der Waals surface area (Å²) in [4.78, 5) is 37.3. The molecule has 1 unspecified atom stereocenters. The first-order valence-electron chi connectivity index (χ1n) is 10.6. The minimum atomic E-state index is -0.833. The maximum atomic E-state index is 12.5. The number of carboxylic acid groups (broad SMARTS) is 1. The number of amides is 2. The van der Waals surface area contributed by atoms with Gasteiger partial charge in [0.15, 0.2) is 0 Å². The van der Waals surface area contributed by atoms with Crippen molar-refractivity contribution in [2.24, 2.45) is 0 Å². The van der Waals surface area contributed by atoms with Crippen molar-refractivity contribution in [2.75, 3.05) is 49.7 Å². The number of nitrogens with one attached hydrogen (secondary N) is 1. The van der Waals surface area contributed by atoms with Gasteiger partial charge in [-0.2, -0.15) is 0 Å². The normalized spacial score (nSPS) is 18.8. The van der Waals surface area contributed by atoms with Crippen molar-refractivity contribution in [1.29, 1.82) is 0 Å². The highest BCUT2D eigenvalue weighted by Gasteiger charge is 2.38. The molecule has 0 spiro atoms. The Morgan fingerprint density at radius 3 is 2.42 bits per heavy atom. The molecule has 9 nitrogen and oxygen atoms in total. The summed E-state index contributed by atoms with van der Waals surface area (Å²) in [5.74, 6) is -1.10. The smallest absolute Gasteiger partial charge is 0.300 e. The summed E-state index contributed by atoms with van der Waals surface area (Å²) in [6.45, 7) is 9.25. The van der Waals surface area contributed by atoms with E-state index < -0.39 is 12.0 Å². The van der Waals surface area contributed by atoms with E-state index in [1.165, 1.54) is 4.90 Å². The molecule has 172 valence electrons. The van der Waals surface area contributed by atoms with E-state index in [-0.39, 0.29) is 24.3 Å². The van der Waals surface area contributed by atoms with Gasteiger partial charge in [-0.05, 0) is 44.5 Å². The molecule has 31 heavy (non-hydrogen) atoms. The van der Waals surface area contributed by atoms with Gasteiger partial charge in [-0.25, -0.2) is 0 Å². The van der Waals surface area contributed by atoms with Gasteiger partial charge < -0.3 is 24.8 Å². The average Bonchev–Trinajstić information content (AvgIpc) is 2.99. The Balaban J connectivity index is 0.000000785. The predicted octanol–water partition coefficient (Wildman–Crippen LogP) is 1.97. The number of ether oxygens (including phenoxy) is 2. The summed E-state index contributed by atoms with van der Waals surface area (Å²) in [6, 6.07) is 7.51. The standard InChI is InChI=1S/C20H29N3O4.C2H4O2/c1-15(2)27-11-3-8-23-19(24)14-18(20(23)25)21-16-4-6-17(7-5-16)22-9-12-26-13-10-22;1-2(3)4/h4-7,15,18,21H,3,8-14H2,1-2H3;1H3,(H,3,4). The molecule has 2 saturated heterocycles. The fraction of sp³-hybridized carbons (Fsp3) is 0.591. The van der Waals surface area contributed by atoms with E-state index in [1.54, 1.807) is 0 Å². The molecule has 1 atom stereocenters. The van der Waals surface area contributed by atoms with Crippen molar-refractivity contribution in [3.05, 3.63) is 24.3 Å². The highest BCUT2D eigenvalue weighted by Crippen LogP contribution is 2.22. The van der Waals surface area contributed by atoms with Crippen LogP contribution in [0.3, 0.4) is 0 Å². The number of nitrogens with zero attached hydrogens (tertiary/aromatic N) is 2. The van der Waals surface area contributed by atoms with Crippen LogP contribution in [0.2, 0.25) is 0 Å². The lowest BCUT2D eigenvalue weighted by atomic mass is 10.2. The summed E-state index contributed by atoms with van der Waals surface area (Å²) >= 11 is 0. The third-order valence-electron chi connectivity index (χ3n) is 4.81. The van der Waals surface area contributed by atoms with Crippen LogP contribution in [0, 0.1) is 0 Å². The lowest BCUT2D eigenvalue weighted by Crippen LogP contribution is -2.36. The number of benzene rings is 1. The number of likely N-dealkylation sites (tertiary alicyclic amines) is 1. The number of morpholine rings is 1. The summed E-state index contributed by atoms with van der Waals surface area (Å²) in [5.41, 5.74) is 1.99. The number of rotatable bonds is 8. The lowest BCUT2D eigenvalue weighted by Gasteiger charge is -2.29. The molecule has 0 aliphatic carbocycles. The van der Waals surface area contributed by atoms with Gasteiger partial charge >= 0.3 is 0 Å². The molecule has 9 heteroatoms. The molecule has 2 aliphatic heterocycles. The molecule has 2 amide bonds. The first-order valence-corrected chi connectivity index (χ1v) is 10.6. The Bertz CT molecular complexity index is 727. The highest BCUT2D eigenvalue weighted by molar-refractivity contribution is 6.06. The molecule has 0 bridgehead atoms. The molecule has 0 aromatic heterocycles. The first-order chi connectivity index (χ1) is 14.8. The van der Waals surface area contributed by atoms with Gasteiger partial charge in [0.2, 0.25) is 5.91 Å². The number of carbonyl (C=O) groups is 3. The molecule has 0 saturated carbocycles. The van der Waals surface area contributed by atoms with E-state index in [0.29, 0.717) is 19.6 Å². The van der Waals surface area contributed by atoms with Gasteiger partial charge in [-0.3, -0.25) is 19.3 Å². The number of carboxylic acids is 1. The highest BCUT2D eigenvalue weighted by atomic mass is 16.5. The molecular formula is C22H33N3O6. The molecule has 2 N–H and O–H groups in total. The van der Waals surface area contributed by atoms with Crippen molar-refractivity contribution in [2.45, 2.75) is 45.8 Å². The molecule has 1 aromatic carbocycles. The zero-order valence-corrected chi connectivity index (χ0v) is 18.5. The van der Waals surface area contributed by atoms with Crippen LogP contribution in [-0.2, 0) is 23.9 Å². The number of hydrogen-bond acceptors (Lipinski definition) is 7. The second-order valence-electron chi connectivity index (χ2n) is 7.72. The Morgan fingerprint density at radius 1 is 1.23 bits per heavy atom. The molecule has 1 aromatic rings. The second-order valence-corrected chi connectivity index (χ2v) is 7.72. The minimum absolute atomic E-state index is 0.119. The van der Waals surface area contributed by atoms with Gasteiger partial charge in [0.1, 0.15) is 6.04 Å². The zero-order valence-electron chi connectivity index (χ0n) is 18.5. The van der Waals surface area contributed by atoms with Crippen molar-refractivity contribution >= 4 is 29.2 Å². The lowest BCUT2D eigenvalue weighted by molar-refractivity contribution is -0.139.